The topological polar surface area (TPSA) is 34.1 Å². The summed E-state index contributed by atoms with van der Waals surface area (Å²) in [6.45, 7) is 0. The molecule has 4 heteroatoms. The SMILES string of the molecule is O=C1CC(=O)CC(c2cc(F)ccc2Br)C1. The molecular formula is C12H10BrFO2. The Morgan fingerprint density at radius 2 is 1.81 bits per heavy atom. The Morgan fingerprint density at radius 1 is 1.19 bits per heavy atom. The summed E-state index contributed by atoms with van der Waals surface area (Å²) >= 11 is 3.32. The first-order valence-corrected chi connectivity index (χ1v) is 5.84. The maximum absolute atomic E-state index is 13.1. The fourth-order valence-corrected chi connectivity index (χ4v) is 2.60. The first-order chi connectivity index (χ1) is 7.56. The molecule has 0 spiro atoms. The number of ketones is 2. The van der Waals surface area contributed by atoms with Crippen LogP contribution in [0.2, 0.25) is 0 Å². The highest BCUT2D eigenvalue weighted by atomic mass is 79.9. The van der Waals surface area contributed by atoms with E-state index in [4.69, 9.17) is 0 Å². The smallest absolute Gasteiger partial charge is 0.140 e. The van der Waals surface area contributed by atoms with E-state index in [1.54, 1.807) is 6.07 Å². The fraction of sp³-hybridized carbons (Fsp3) is 0.333. The minimum atomic E-state index is -0.344. The lowest BCUT2D eigenvalue weighted by atomic mass is 9.83. The molecule has 1 fully saturated rings. The number of hydrogen-bond acceptors (Lipinski definition) is 2. The lowest BCUT2D eigenvalue weighted by molar-refractivity contribution is -0.130. The average molecular weight is 285 g/mol. The van der Waals surface area contributed by atoms with Crippen LogP contribution in [0.15, 0.2) is 22.7 Å². The summed E-state index contributed by atoms with van der Waals surface area (Å²) in [6.07, 6.45) is 0.686. The summed E-state index contributed by atoms with van der Waals surface area (Å²) in [6, 6.07) is 4.34. The zero-order valence-corrected chi connectivity index (χ0v) is 10.1. The Balaban J connectivity index is 2.32. The van der Waals surface area contributed by atoms with Crippen LogP contribution in [0.3, 0.4) is 0 Å². The monoisotopic (exact) mass is 284 g/mol. The first kappa shape index (κ1) is 11.5. The van der Waals surface area contributed by atoms with Crippen LogP contribution in [0.25, 0.3) is 0 Å². The van der Waals surface area contributed by atoms with Gasteiger partial charge in [-0.1, -0.05) is 15.9 Å². The second-order valence-corrected chi connectivity index (χ2v) is 4.88. The molecule has 0 saturated heterocycles. The Morgan fingerprint density at radius 3 is 2.44 bits per heavy atom. The lowest BCUT2D eigenvalue weighted by Gasteiger charge is -2.21. The van der Waals surface area contributed by atoms with Crippen molar-refractivity contribution in [2.75, 3.05) is 0 Å². The molecule has 0 bridgehead atoms. The summed E-state index contributed by atoms with van der Waals surface area (Å²) < 4.78 is 13.9. The molecule has 0 heterocycles. The van der Waals surface area contributed by atoms with E-state index in [-0.39, 0.29) is 29.7 Å². The average Bonchev–Trinajstić information content (AvgIpc) is 2.20. The van der Waals surface area contributed by atoms with Crippen LogP contribution in [-0.4, -0.2) is 11.6 Å². The van der Waals surface area contributed by atoms with Crippen molar-refractivity contribution in [3.8, 4) is 0 Å². The molecule has 0 amide bonds. The second kappa shape index (κ2) is 4.45. The van der Waals surface area contributed by atoms with E-state index >= 15 is 0 Å². The van der Waals surface area contributed by atoms with E-state index in [0.29, 0.717) is 18.4 Å². The van der Waals surface area contributed by atoms with Gasteiger partial charge < -0.3 is 0 Å². The largest absolute Gasteiger partial charge is 0.299 e. The Bertz CT molecular complexity index is 440. The molecule has 16 heavy (non-hydrogen) atoms. The molecule has 0 N–H and O–H groups in total. The van der Waals surface area contributed by atoms with Crippen molar-refractivity contribution in [3.05, 3.63) is 34.1 Å². The third-order valence-electron chi connectivity index (χ3n) is 2.74. The van der Waals surface area contributed by atoms with Crippen molar-refractivity contribution in [1.82, 2.24) is 0 Å². The molecular weight excluding hydrogens is 275 g/mol. The minimum absolute atomic E-state index is 0.0312. The van der Waals surface area contributed by atoms with Crippen molar-refractivity contribution in [1.29, 1.82) is 0 Å². The van der Waals surface area contributed by atoms with Gasteiger partial charge in [-0.25, -0.2) is 4.39 Å². The number of hydrogen-bond donors (Lipinski definition) is 0. The highest BCUT2D eigenvalue weighted by Gasteiger charge is 2.27. The predicted octanol–water partition coefficient (Wildman–Crippen LogP) is 2.99. The molecule has 2 nitrogen and oxygen atoms in total. The molecule has 1 aromatic carbocycles. The zero-order valence-electron chi connectivity index (χ0n) is 8.50. The highest BCUT2D eigenvalue weighted by molar-refractivity contribution is 9.10. The van der Waals surface area contributed by atoms with Crippen molar-refractivity contribution in [3.63, 3.8) is 0 Å². The lowest BCUT2D eigenvalue weighted by Crippen LogP contribution is -2.21. The van der Waals surface area contributed by atoms with E-state index in [9.17, 15) is 14.0 Å². The van der Waals surface area contributed by atoms with Crippen LogP contribution in [-0.2, 0) is 9.59 Å². The number of Topliss-reactive ketones (excluding diaryl/α,β-unsaturated/α-hetero) is 2. The molecule has 2 rings (SSSR count). The van der Waals surface area contributed by atoms with Crippen molar-refractivity contribution in [2.45, 2.75) is 25.2 Å². The van der Waals surface area contributed by atoms with Gasteiger partial charge in [-0.05, 0) is 29.7 Å². The summed E-state index contributed by atoms with van der Waals surface area (Å²) in [7, 11) is 0. The van der Waals surface area contributed by atoms with Gasteiger partial charge in [-0.15, -0.1) is 0 Å². The normalized spacial score (nSPS) is 17.9. The van der Waals surface area contributed by atoms with Crippen LogP contribution >= 0.6 is 15.9 Å². The van der Waals surface area contributed by atoms with Crippen LogP contribution in [0, 0.1) is 5.82 Å². The van der Waals surface area contributed by atoms with Crippen molar-refractivity contribution < 1.29 is 14.0 Å². The highest BCUT2D eigenvalue weighted by Crippen LogP contribution is 2.34. The standard InChI is InChI=1S/C12H10BrFO2/c13-12-2-1-8(14)5-11(12)7-3-9(15)6-10(16)4-7/h1-2,5,7H,3-4,6H2. The van der Waals surface area contributed by atoms with E-state index in [0.717, 1.165) is 4.47 Å². The summed E-state index contributed by atoms with van der Waals surface area (Å²) in [5, 5.41) is 0. The number of rotatable bonds is 1. The van der Waals surface area contributed by atoms with E-state index in [2.05, 4.69) is 15.9 Å². The summed E-state index contributed by atoms with van der Waals surface area (Å²) in [5.74, 6) is -0.641. The third kappa shape index (κ3) is 2.38. The Labute approximate surface area is 101 Å². The van der Waals surface area contributed by atoms with Gasteiger partial charge in [0.05, 0.1) is 6.42 Å². The molecule has 0 aromatic heterocycles. The molecule has 0 radical (unpaired) electrons. The Hall–Kier alpha value is -1.03. The third-order valence-corrected chi connectivity index (χ3v) is 3.46. The molecule has 0 atom stereocenters. The number of benzene rings is 1. The van der Waals surface area contributed by atoms with Crippen LogP contribution in [0.1, 0.15) is 30.7 Å². The van der Waals surface area contributed by atoms with E-state index in [1.165, 1.54) is 12.1 Å². The van der Waals surface area contributed by atoms with Gasteiger partial charge in [0.2, 0.25) is 0 Å². The summed E-state index contributed by atoms with van der Waals surface area (Å²) in [5.41, 5.74) is 0.710. The quantitative estimate of drug-likeness (QED) is 0.743. The maximum atomic E-state index is 13.1. The van der Waals surface area contributed by atoms with Crippen LogP contribution in [0.4, 0.5) is 4.39 Å². The Kier molecular flexibility index (Phi) is 3.19. The second-order valence-electron chi connectivity index (χ2n) is 4.03. The van der Waals surface area contributed by atoms with Gasteiger partial charge >= 0.3 is 0 Å². The molecule has 1 saturated carbocycles. The molecule has 1 aliphatic carbocycles. The molecule has 0 aliphatic heterocycles. The predicted molar refractivity (Wildman–Crippen MR) is 60.7 cm³/mol. The van der Waals surface area contributed by atoms with Gasteiger partial charge in [-0.3, -0.25) is 9.59 Å². The molecule has 1 aromatic rings. The van der Waals surface area contributed by atoms with Crippen molar-refractivity contribution in [2.24, 2.45) is 0 Å². The van der Waals surface area contributed by atoms with Gasteiger partial charge in [0.1, 0.15) is 17.4 Å². The number of carbonyl (C=O) groups is 2. The zero-order chi connectivity index (χ0) is 11.7. The van der Waals surface area contributed by atoms with E-state index < -0.39 is 0 Å². The van der Waals surface area contributed by atoms with E-state index in [1.807, 2.05) is 0 Å². The molecule has 1 aliphatic rings. The van der Waals surface area contributed by atoms with Gasteiger partial charge in [-0.2, -0.15) is 0 Å². The molecule has 0 unspecified atom stereocenters. The van der Waals surface area contributed by atoms with Gasteiger partial charge in [0.25, 0.3) is 0 Å². The first-order valence-electron chi connectivity index (χ1n) is 5.04. The maximum Gasteiger partial charge on any atom is 0.140 e. The fourth-order valence-electron chi connectivity index (χ4n) is 2.03. The number of halogens is 2. The van der Waals surface area contributed by atoms with Gasteiger partial charge in [0, 0.05) is 17.3 Å². The van der Waals surface area contributed by atoms with Crippen molar-refractivity contribution >= 4 is 27.5 Å². The molecule has 84 valence electrons. The van der Waals surface area contributed by atoms with Crippen LogP contribution in [0.5, 0.6) is 0 Å². The van der Waals surface area contributed by atoms with Crippen LogP contribution < -0.4 is 0 Å². The number of carbonyl (C=O) groups excluding carboxylic acids is 2. The van der Waals surface area contributed by atoms with Gasteiger partial charge in [0.15, 0.2) is 0 Å². The minimum Gasteiger partial charge on any atom is -0.299 e. The summed E-state index contributed by atoms with van der Waals surface area (Å²) in [4.78, 5) is 22.6.